The number of hydrogen-bond donors (Lipinski definition) is 2. The average Bonchev–Trinajstić information content (AvgIpc) is 3.18. The monoisotopic (exact) mass is 420 g/mol. The van der Waals surface area contributed by atoms with E-state index in [1.54, 1.807) is 10.4 Å². The molecule has 0 spiro atoms. The van der Waals surface area contributed by atoms with Crippen LogP contribution in [0.1, 0.15) is 50.2 Å². The van der Waals surface area contributed by atoms with E-state index in [0.29, 0.717) is 43.7 Å². The molecule has 2 aliphatic carbocycles. The Labute approximate surface area is 174 Å². The van der Waals surface area contributed by atoms with Crippen LogP contribution in [0.15, 0.2) is 23.1 Å². The van der Waals surface area contributed by atoms with E-state index in [0.717, 1.165) is 38.0 Å². The highest BCUT2D eigenvalue weighted by atomic mass is 32.2. The van der Waals surface area contributed by atoms with E-state index in [1.165, 1.54) is 28.9 Å². The molecule has 7 heteroatoms. The quantitative estimate of drug-likeness (QED) is 0.739. The van der Waals surface area contributed by atoms with Gasteiger partial charge in [0.05, 0.1) is 31.1 Å². The number of piperazine rings is 1. The molecule has 4 rings (SSSR count). The molecule has 1 aliphatic heterocycles. The third kappa shape index (κ3) is 4.84. The van der Waals surface area contributed by atoms with Crippen molar-refractivity contribution >= 4 is 15.9 Å². The highest BCUT2D eigenvalue weighted by Crippen LogP contribution is 2.26. The van der Waals surface area contributed by atoms with Crippen LogP contribution < -0.4 is 10.2 Å². The number of nitrogens with one attached hydrogen (secondary N) is 2. The van der Waals surface area contributed by atoms with E-state index in [1.807, 2.05) is 12.1 Å². The van der Waals surface area contributed by atoms with Gasteiger partial charge in [-0.1, -0.05) is 13.0 Å². The summed E-state index contributed by atoms with van der Waals surface area (Å²) < 4.78 is 27.7. The van der Waals surface area contributed by atoms with Gasteiger partial charge < -0.3 is 10.2 Å². The summed E-state index contributed by atoms with van der Waals surface area (Å²) in [5.41, 5.74) is 2.47. The molecule has 0 bridgehead atoms. The zero-order valence-corrected chi connectivity index (χ0v) is 18.3. The third-order valence-corrected chi connectivity index (χ3v) is 8.82. The number of fused-ring (bicyclic) bond motifs is 1. The molecule has 3 aliphatic rings. The van der Waals surface area contributed by atoms with E-state index < -0.39 is 10.0 Å². The van der Waals surface area contributed by atoms with Gasteiger partial charge in [0.2, 0.25) is 10.0 Å². The molecule has 1 saturated carbocycles. The van der Waals surface area contributed by atoms with Crippen molar-refractivity contribution in [1.82, 2.24) is 9.62 Å². The van der Waals surface area contributed by atoms with Crippen LogP contribution in [0.4, 0.5) is 0 Å². The van der Waals surface area contributed by atoms with Crippen LogP contribution >= 0.6 is 0 Å². The van der Waals surface area contributed by atoms with Crippen LogP contribution in [0.3, 0.4) is 0 Å². The number of hydrogen-bond acceptors (Lipinski definition) is 3. The standard InChI is InChI=1S/C22H33N3O3S/c1-17-5-8-20(9-6-17)23-22(26)16-24-11-13-25(14-12-24)29(27,28)21-10-7-18-3-2-4-19(18)15-21/h7,10,15,17,20H,2-6,8-9,11-14,16H2,1H3,(H,23,26)/p+1. The molecule has 0 aromatic heterocycles. The van der Waals surface area contributed by atoms with Crippen LogP contribution in [-0.4, -0.2) is 57.4 Å². The van der Waals surface area contributed by atoms with Crippen molar-refractivity contribution in [3.63, 3.8) is 0 Å². The number of quaternary nitrogens is 1. The molecule has 0 atom stereocenters. The molecule has 0 radical (unpaired) electrons. The minimum atomic E-state index is -3.44. The summed E-state index contributed by atoms with van der Waals surface area (Å²) in [5.74, 6) is 0.879. The largest absolute Gasteiger partial charge is 0.348 e. The number of carbonyl (C=O) groups is 1. The zero-order chi connectivity index (χ0) is 20.4. The topological polar surface area (TPSA) is 70.9 Å². The number of benzene rings is 1. The van der Waals surface area contributed by atoms with Crippen LogP contribution in [0, 0.1) is 5.92 Å². The van der Waals surface area contributed by atoms with Crippen molar-refractivity contribution in [2.24, 2.45) is 5.92 Å². The maximum Gasteiger partial charge on any atom is 0.275 e. The lowest BCUT2D eigenvalue weighted by atomic mass is 9.87. The molecule has 1 aromatic rings. The first-order chi connectivity index (χ1) is 13.9. The van der Waals surface area contributed by atoms with Gasteiger partial charge in [0.25, 0.3) is 5.91 Å². The normalized spacial score (nSPS) is 26.2. The van der Waals surface area contributed by atoms with E-state index in [2.05, 4.69) is 12.2 Å². The number of nitrogens with zero attached hydrogens (tertiary/aromatic N) is 1. The number of sulfonamides is 1. The predicted molar refractivity (Wildman–Crippen MR) is 112 cm³/mol. The fraction of sp³-hybridized carbons (Fsp3) is 0.682. The van der Waals surface area contributed by atoms with Gasteiger partial charge in [0.15, 0.2) is 6.54 Å². The maximum atomic E-state index is 13.0. The molecule has 1 heterocycles. The van der Waals surface area contributed by atoms with Crippen LogP contribution in [0.2, 0.25) is 0 Å². The maximum absolute atomic E-state index is 13.0. The SMILES string of the molecule is CC1CCC(NC(=O)C[NH+]2CCN(S(=O)(=O)c3ccc4c(c3)CCC4)CC2)CC1. The van der Waals surface area contributed by atoms with Crippen LogP contribution in [0.25, 0.3) is 0 Å². The molecule has 29 heavy (non-hydrogen) atoms. The van der Waals surface area contributed by atoms with Crippen molar-refractivity contribution in [2.45, 2.75) is 62.8 Å². The first-order valence-electron chi connectivity index (χ1n) is 11.2. The van der Waals surface area contributed by atoms with Gasteiger partial charge in [-0.2, -0.15) is 4.31 Å². The first kappa shape index (κ1) is 20.8. The highest BCUT2D eigenvalue weighted by molar-refractivity contribution is 7.89. The fourth-order valence-electron chi connectivity index (χ4n) is 4.99. The summed E-state index contributed by atoms with van der Waals surface area (Å²) in [6, 6.07) is 5.93. The van der Waals surface area contributed by atoms with Gasteiger partial charge in [-0.15, -0.1) is 0 Å². The smallest absolute Gasteiger partial charge is 0.275 e. The van der Waals surface area contributed by atoms with E-state index in [9.17, 15) is 13.2 Å². The Balaban J connectivity index is 1.28. The Morgan fingerprint density at radius 3 is 2.52 bits per heavy atom. The lowest BCUT2D eigenvalue weighted by Gasteiger charge is -2.32. The fourth-order valence-corrected chi connectivity index (χ4v) is 6.48. The zero-order valence-electron chi connectivity index (χ0n) is 17.5. The summed E-state index contributed by atoms with van der Waals surface area (Å²) in [4.78, 5) is 14.0. The lowest BCUT2D eigenvalue weighted by Crippen LogP contribution is -3.15. The van der Waals surface area contributed by atoms with Crippen molar-refractivity contribution in [3.8, 4) is 0 Å². The second kappa shape index (κ2) is 8.74. The highest BCUT2D eigenvalue weighted by Gasteiger charge is 2.32. The summed E-state index contributed by atoms with van der Waals surface area (Å²) in [6.45, 7) is 5.03. The summed E-state index contributed by atoms with van der Waals surface area (Å²) in [6.07, 6.45) is 7.69. The number of amides is 1. The summed E-state index contributed by atoms with van der Waals surface area (Å²) in [7, 11) is -3.44. The first-order valence-corrected chi connectivity index (χ1v) is 12.6. The minimum absolute atomic E-state index is 0.106. The number of carbonyl (C=O) groups excluding carboxylic acids is 1. The Hall–Kier alpha value is -1.44. The molecule has 1 amide bonds. The molecule has 1 aromatic carbocycles. The summed E-state index contributed by atoms with van der Waals surface area (Å²) >= 11 is 0. The van der Waals surface area contributed by atoms with Gasteiger partial charge >= 0.3 is 0 Å². The Bertz CT molecular complexity index is 839. The van der Waals surface area contributed by atoms with Gasteiger partial charge in [-0.05, 0) is 74.1 Å². The van der Waals surface area contributed by atoms with Crippen molar-refractivity contribution in [2.75, 3.05) is 32.7 Å². The molecule has 160 valence electrons. The number of aryl methyl sites for hydroxylation is 2. The van der Waals surface area contributed by atoms with E-state index >= 15 is 0 Å². The summed E-state index contributed by atoms with van der Waals surface area (Å²) in [5, 5.41) is 3.19. The molecule has 1 saturated heterocycles. The Morgan fingerprint density at radius 1 is 1.10 bits per heavy atom. The van der Waals surface area contributed by atoms with Gasteiger partial charge in [0.1, 0.15) is 0 Å². The van der Waals surface area contributed by atoms with Gasteiger partial charge in [0, 0.05) is 6.04 Å². The molecule has 2 fully saturated rings. The Morgan fingerprint density at radius 2 is 1.79 bits per heavy atom. The molecular formula is C22H34N3O3S+. The molecule has 2 N–H and O–H groups in total. The second-order valence-electron chi connectivity index (χ2n) is 9.14. The lowest BCUT2D eigenvalue weighted by molar-refractivity contribution is -0.895. The second-order valence-corrected chi connectivity index (χ2v) is 11.1. The molecular weight excluding hydrogens is 386 g/mol. The average molecular weight is 421 g/mol. The van der Waals surface area contributed by atoms with Gasteiger partial charge in [-0.3, -0.25) is 4.79 Å². The van der Waals surface area contributed by atoms with Crippen molar-refractivity contribution < 1.29 is 18.1 Å². The third-order valence-electron chi connectivity index (χ3n) is 6.93. The van der Waals surface area contributed by atoms with E-state index in [4.69, 9.17) is 0 Å². The van der Waals surface area contributed by atoms with Crippen LogP contribution in [0.5, 0.6) is 0 Å². The molecule has 6 nitrogen and oxygen atoms in total. The predicted octanol–water partition coefficient (Wildman–Crippen LogP) is 0.759. The number of rotatable bonds is 5. The van der Waals surface area contributed by atoms with Crippen LogP contribution in [-0.2, 0) is 27.7 Å². The minimum Gasteiger partial charge on any atom is -0.348 e. The van der Waals surface area contributed by atoms with Crippen molar-refractivity contribution in [1.29, 1.82) is 0 Å². The molecule has 0 unspecified atom stereocenters. The van der Waals surface area contributed by atoms with Crippen molar-refractivity contribution in [3.05, 3.63) is 29.3 Å². The Kier molecular flexibility index (Phi) is 6.27. The van der Waals surface area contributed by atoms with Gasteiger partial charge in [-0.25, -0.2) is 8.42 Å². The van der Waals surface area contributed by atoms with E-state index in [-0.39, 0.29) is 5.91 Å².